The molecule has 3 rings (SSSR count). The Bertz CT molecular complexity index is 433. The van der Waals surface area contributed by atoms with E-state index >= 15 is 0 Å². The van der Waals surface area contributed by atoms with Crippen molar-refractivity contribution in [3.8, 4) is 0 Å². The zero-order valence-electron chi connectivity index (χ0n) is 6.74. The number of nitrogens with zero attached hydrogens (tertiary/aromatic N) is 2. The van der Waals surface area contributed by atoms with E-state index in [2.05, 4.69) is 14.9 Å². The quantitative estimate of drug-likeness (QED) is 0.702. The maximum absolute atomic E-state index is 11.1. The summed E-state index contributed by atoms with van der Waals surface area (Å²) in [7, 11) is 0. The topological polar surface area (TPSA) is 48.5 Å². The Kier molecular flexibility index (Phi) is 1.54. The van der Waals surface area contributed by atoms with Crippen LogP contribution in [0.15, 0.2) is 14.0 Å². The molecule has 1 aromatic heterocycles. The Morgan fingerprint density at radius 2 is 2.46 bits per heavy atom. The number of fused-ring (bicyclic) bond motifs is 3. The highest BCUT2D eigenvalue weighted by Crippen LogP contribution is 2.41. The maximum Gasteiger partial charge on any atom is 0.307 e. The second kappa shape index (κ2) is 2.62. The molecule has 0 saturated carbocycles. The summed E-state index contributed by atoms with van der Waals surface area (Å²) in [6.07, 6.45) is 1.07. The molecule has 0 fully saturated rings. The first-order valence-corrected chi connectivity index (χ1v) is 5.71. The maximum atomic E-state index is 11.1. The van der Waals surface area contributed by atoms with E-state index in [1.165, 1.54) is 11.3 Å². The normalized spacial score (nSPS) is 19.7. The van der Waals surface area contributed by atoms with Crippen molar-refractivity contribution in [1.29, 1.82) is 0 Å². The van der Waals surface area contributed by atoms with Gasteiger partial charge in [0.1, 0.15) is 10.0 Å². The van der Waals surface area contributed by atoms with Crippen molar-refractivity contribution in [3.05, 3.63) is 9.67 Å². The molecule has 0 aromatic carbocycles. The number of anilines is 1. The molecule has 1 aromatic rings. The lowest BCUT2D eigenvalue weighted by molar-refractivity contribution is 0.792. The minimum absolute atomic E-state index is 0.0297. The van der Waals surface area contributed by atoms with Gasteiger partial charge < -0.3 is 4.90 Å². The van der Waals surface area contributed by atoms with Crippen LogP contribution in [0.5, 0.6) is 0 Å². The van der Waals surface area contributed by atoms with Gasteiger partial charge >= 0.3 is 4.87 Å². The van der Waals surface area contributed by atoms with Gasteiger partial charge in [-0.2, -0.15) is 0 Å². The molecule has 0 spiro atoms. The first-order valence-electron chi connectivity index (χ1n) is 4.07. The Labute approximate surface area is 82.7 Å². The first kappa shape index (κ1) is 7.64. The van der Waals surface area contributed by atoms with Crippen molar-refractivity contribution < 1.29 is 0 Å². The van der Waals surface area contributed by atoms with Crippen LogP contribution in [0.2, 0.25) is 0 Å². The van der Waals surface area contributed by atoms with Crippen molar-refractivity contribution in [2.75, 3.05) is 18.0 Å². The third-order valence-electron chi connectivity index (χ3n) is 2.07. The Balaban J connectivity index is 2.14. The molecular weight excluding hydrogens is 206 g/mol. The Morgan fingerprint density at radius 1 is 1.54 bits per heavy atom. The van der Waals surface area contributed by atoms with Crippen LogP contribution >= 0.6 is 23.1 Å². The fourth-order valence-corrected chi connectivity index (χ4v) is 3.58. The summed E-state index contributed by atoms with van der Waals surface area (Å²) in [5.41, 5.74) is 0. The van der Waals surface area contributed by atoms with Gasteiger partial charge in [0, 0.05) is 13.1 Å². The van der Waals surface area contributed by atoms with Gasteiger partial charge in [-0.1, -0.05) is 11.3 Å². The van der Waals surface area contributed by atoms with E-state index in [0.717, 1.165) is 34.7 Å². The van der Waals surface area contributed by atoms with Gasteiger partial charge in [-0.15, -0.1) is 0 Å². The van der Waals surface area contributed by atoms with Crippen LogP contribution in [0.3, 0.4) is 0 Å². The lowest BCUT2D eigenvalue weighted by Gasteiger charge is -2.20. The summed E-state index contributed by atoms with van der Waals surface area (Å²) >= 11 is 2.88. The third-order valence-corrected chi connectivity index (χ3v) is 4.15. The molecule has 0 unspecified atom stereocenters. The highest BCUT2D eigenvalue weighted by Gasteiger charge is 2.30. The average Bonchev–Trinajstić information content (AvgIpc) is 2.60. The van der Waals surface area contributed by atoms with Crippen LogP contribution in [0.25, 0.3) is 0 Å². The molecule has 4 nitrogen and oxygen atoms in total. The van der Waals surface area contributed by atoms with Crippen LogP contribution in [0.1, 0.15) is 6.42 Å². The van der Waals surface area contributed by atoms with Crippen molar-refractivity contribution >= 4 is 34.1 Å². The lowest BCUT2D eigenvalue weighted by atomic mass is 10.3. The summed E-state index contributed by atoms with van der Waals surface area (Å²) in [5, 5.41) is 1.05. The standard InChI is InChI=1S/C7H7N3OS2/c11-7-9-4-5(13-7)12-6-8-2-1-3-10(4)6/h1-3H2,(H,9,11). The zero-order valence-corrected chi connectivity index (χ0v) is 8.37. The van der Waals surface area contributed by atoms with Crippen LogP contribution < -0.4 is 9.77 Å². The predicted molar refractivity (Wildman–Crippen MR) is 55.1 cm³/mol. The number of aromatic amines is 1. The first-order chi connectivity index (χ1) is 6.34. The molecule has 13 heavy (non-hydrogen) atoms. The molecule has 2 aliphatic heterocycles. The Morgan fingerprint density at radius 3 is 3.38 bits per heavy atom. The van der Waals surface area contributed by atoms with Crippen LogP contribution in [-0.2, 0) is 0 Å². The van der Waals surface area contributed by atoms with Crippen LogP contribution in [0, 0.1) is 0 Å². The molecule has 0 saturated heterocycles. The fourth-order valence-electron chi connectivity index (χ4n) is 1.51. The van der Waals surface area contributed by atoms with Gasteiger partial charge in [0.15, 0.2) is 5.17 Å². The van der Waals surface area contributed by atoms with Gasteiger partial charge in [0.2, 0.25) is 0 Å². The minimum Gasteiger partial charge on any atom is -0.305 e. The number of hydrogen-bond acceptors (Lipinski definition) is 5. The third kappa shape index (κ3) is 1.05. The monoisotopic (exact) mass is 213 g/mol. The van der Waals surface area contributed by atoms with Gasteiger partial charge in [-0.05, 0) is 18.2 Å². The van der Waals surface area contributed by atoms with Crippen molar-refractivity contribution in [1.82, 2.24) is 4.98 Å². The number of rotatable bonds is 0. The molecule has 0 atom stereocenters. The second-order valence-corrected chi connectivity index (χ2v) is 5.14. The molecule has 0 bridgehead atoms. The second-order valence-electron chi connectivity index (χ2n) is 2.92. The number of aromatic nitrogens is 1. The van der Waals surface area contributed by atoms with E-state index in [-0.39, 0.29) is 4.87 Å². The molecule has 0 aliphatic carbocycles. The van der Waals surface area contributed by atoms with E-state index in [0.29, 0.717) is 0 Å². The average molecular weight is 213 g/mol. The number of amidine groups is 1. The largest absolute Gasteiger partial charge is 0.307 e. The summed E-state index contributed by atoms with van der Waals surface area (Å²) < 4.78 is 1.06. The molecule has 3 heterocycles. The number of thioether (sulfide) groups is 1. The highest BCUT2D eigenvalue weighted by atomic mass is 32.2. The van der Waals surface area contributed by atoms with E-state index < -0.39 is 0 Å². The van der Waals surface area contributed by atoms with E-state index in [9.17, 15) is 4.79 Å². The van der Waals surface area contributed by atoms with Crippen LogP contribution in [0.4, 0.5) is 5.82 Å². The number of thiazole rings is 1. The predicted octanol–water partition coefficient (Wildman–Crippen LogP) is 1.11. The van der Waals surface area contributed by atoms with E-state index in [4.69, 9.17) is 0 Å². The van der Waals surface area contributed by atoms with Gasteiger partial charge in [-0.3, -0.25) is 14.8 Å². The van der Waals surface area contributed by atoms with Gasteiger partial charge in [0.05, 0.1) is 0 Å². The van der Waals surface area contributed by atoms with Crippen LogP contribution in [-0.4, -0.2) is 23.2 Å². The number of H-pyrrole nitrogens is 1. The SMILES string of the molecule is O=c1[nH]c2c(s1)SC1=NCCCN12. The summed E-state index contributed by atoms with van der Waals surface area (Å²) in [6.45, 7) is 1.89. The smallest absolute Gasteiger partial charge is 0.305 e. The number of hydrogen-bond donors (Lipinski definition) is 1. The zero-order chi connectivity index (χ0) is 8.84. The van der Waals surface area contributed by atoms with Crippen molar-refractivity contribution in [2.45, 2.75) is 10.6 Å². The summed E-state index contributed by atoms with van der Waals surface area (Å²) in [6, 6.07) is 0. The summed E-state index contributed by atoms with van der Waals surface area (Å²) in [5.74, 6) is 0.957. The number of aliphatic imine (C=N–C) groups is 1. The lowest BCUT2D eigenvalue weighted by Crippen LogP contribution is -2.31. The van der Waals surface area contributed by atoms with E-state index in [1.807, 2.05) is 0 Å². The van der Waals surface area contributed by atoms with Gasteiger partial charge in [-0.25, -0.2) is 0 Å². The van der Waals surface area contributed by atoms with Crippen molar-refractivity contribution in [2.24, 2.45) is 4.99 Å². The molecule has 0 amide bonds. The molecular formula is C7H7N3OS2. The highest BCUT2D eigenvalue weighted by molar-refractivity contribution is 8.16. The molecule has 0 radical (unpaired) electrons. The fraction of sp³-hybridized carbons (Fsp3) is 0.429. The molecule has 68 valence electrons. The molecule has 6 heteroatoms. The Hall–Kier alpha value is -0.750. The van der Waals surface area contributed by atoms with Gasteiger partial charge in [0.25, 0.3) is 0 Å². The number of nitrogens with one attached hydrogen (secondary N) is 1. The van der Waals surface area contributed by atoms with E-state index in [1.54, 1.807) is 11.8 Å². The summed E-state index contributed by atoms with van der Waals surface area (Å²) in [4.78, 5) is 20.4. The molecule has 2 aliphatic rings. The molecule has 1 N–H and O–H groups in total. The van der Waals surface area contributed by atoms with Crippen molar-refractivity contribution in [3.63, 3.8) is 0 Å². The minimum atomic E-state index is 0.0297.